The van der Waals surface area contributed by atoms with Gasteiger partial charge in [-0.3, -0.25) is 4.99 Å². The fourth-order valence-corrected chi connectivity index (χ4v) is 2.03. The van der Waals surface area contributed by atoms with E-state index in [4.69, 9.17) is 11.6 Å². The van der Waals surface area contributed by atoms with Gasteiger partial charge in [0.2, 0.25) is 0 Å². The average Bonchev–Trinajstić information content (AvgIpc) is 2.35. The van der Waals surface area contributed by atoms with Crippen molar-refractivity contribution in [1.82, 2.24) is 0 Å². The van der Waals surface area contributed by atoms with E-state index in [-0.39, 0.29) is 0 Å². The van der Waals surface area contributed by atoms with E-state index in [0.717, 1.165) is 12.8 Å². The van der Waals surface area contributed by atoms with Crippen LogP contribution in [0.5, 0.6) is 0 Å². The number of rotatable bonds is 6. The topological polar surface area (TPSA) is 12.4 Å². The normalized spacial score (nSPS) is 14.4. The van der Waals surface area contributed by atoms with Crippen LogP contribution in [0.2, 0.25) is 0 Å². The minimum Gasteiger partial charge on any atom is -0.298 e. The van der Waals surface area contributed by atoms with Crippen LogP contribution in [0.4, 0.5) is 0 Å². The molecule has 2 heteroatoms. The predicted octanol–water partition coefficient (Wildman–Crippen LogP) is 4.40. The fourth-order valence-electron chi connectivity index (χ4n) is 1.85. The molecule has 0 bridgehead atoms. The van der Waals surface area contributed by atoms with Crippen molar-refractivity contribution in [1.29, 1.82) is 0 Å². The Morgan fingerprint density at radius 1 is 1.31 bits per heavy atom. The standard InChI is InChI=1S/C14H20ClN/c1-4-14(16-3)9-11(2)13-7-5-12(10-15)6-8-13/h5-8,11,14H,3-4,9-10H2,1-2H3. The summed E-state index contributed by atoms with van der Waals surface area (Å²) in [5.74, 6) is 1.11. The molecule has 0 N–H and O–H groups in total. The van der Waals surface area contributed by atoms with Gasteiger partial charge in [-0.1, -0.05) is 38.1 Å². The first-order valence-electron chi connectivity index (χ1n) is 5.81. The Bertz CT molecular complexity index is 318. The molecule has 0 aliphatic rings. The van der Waals surface area contributed by atoms with E-state index in [0.29, 0.717) is 17.8 Å². The molecule has 0 aliphatic carbocycles. The van der Waals surface area contributed by atoms with Gasteiger partial charge in [-0.2, -0.15) is 0 Å². The van der Waals surface area contributed by atoms with E-state index in [9.17, 15) is 0 Å². The first kappa shape index (κ1) is 13.2. The summed E-state index contributed by atoms with van der Waals surface area (Å²) in [5, 5.41) is 0. The van der Waals surface area contributed by atoms with Crippen LogP contribution in [-0.4, -0.2) is 12.8 Å². The number of alkyl halides is 1. The van der Waals surface area contributed by atoms with Gasteiger partial charge in [-0.15, -0.1) is 11.6 Å². The van der Waals surface area contributed by atoms with Gasteiger partial charge in [-0.25, -0.2) is 0 Å². The largest absolute Gasteiger partial charge is 0.298 e. The summed E-state index contributed by atoms with van der Waals surface area (Å²) in [6, 6.07) is 8.90. The third kappa shape index (κ3) is 3.64. The van der Waals surface area contributed by atoms with Gasteiger partial charge in [0, 0.05) is 11.9 Å². The number of benzene rings is 1. The lowest BCUT2D eigenvalue weighted by Gasteiger charge is -2.16. The molecule has 0 heterocycles. The van der Waals surface area contributed by atoms with Crippen LogP contribution in [0.3, 0.4) is 0 Å². The second kappa shape index (κ2) is 6.70. The van der Waals surface area contributed by atoms with Gasteiger partial charge < -0.3 is 0 Å². The molecule has 0 saturated carbocycles. The maximum Gasteiger partial charge on any atom is 0.0495 e. The van der Waals surface area contributed by atoms with Crippen molar-refractivity contribution in [3.8, 4) is 0 Å². The second-order valence-electron chi connectivity index (χ2n) is 4.26. The Hall–Kier alpha value is -0.820. The summed E-state index contributed by atoms with van der Waals surface area (Å²) in [6.07, 6.45) is 2.13. The minimum atomic E-state index is 0.378. The van der Waals surface area contributed by atoms with Crippen molar-refractivity contribution < 1.29 is 0 Å². The summed E-state index contributed by atoms with van der Waals surface area (Å²) in [7, 11) is 0. The molecule has 1 aromatic carbocycles. The van der Waals surface area contributed by atoms with Crippen molar-refractivity contribution >= 4 is 18.3 Å². The molecule has 88 valence electrons. The van der Waals surface area contributed by atoms with Gasteiger partial charge in [-0.05, 0) is 36.6 Å². The highest BCUT2D eigenvalue weighted by Gasteiger charge is 2.11. The molecule has 0 fully saturated rings. The smallest absolute Gasteiger partial charge is 0.0495 e. The van der Waals surface area contributed by atoms with E-state index >= 15 is 0 Å². The lowest BCUT2D eigenvalue weighted by atomic mass is 9.92. The van der Waals surface area contributed by atoms with Crippen molar-refractivity contribution in [2.45, 2.75) is 44.5 Å². The molecule has 1 nitrogen and oxygen atoms in total. The Balaban J connectivity index is 2.64. The summed E-state index contributed by atoms with van der Waals surface area (Å²) >= 11 is 5.76. The van der Waals surface area contributed by atoms with Crippen molar-refractivity contribution in [2.75, 3.05) is 0 Å². The number of nitrogens with zero attached hydrogens (tertiary/aromatic N) is 1. The fraction of sp³-hybridized carbons (Fsp3) is 0.500. The predicted molar refractivity (Wildman–Crippen MR) is 72.7 cm³/mol. The summed E-state index contributed by atoms with van der Waals surface area (Å²) < 4.78 is 0. The van der Waals surface area contributed by atoms with Gasteiger partial charge in [0.1, 0.15) is 0 Å². The van der Waals surface area contributed by atoms with Gasteiger partial charge in [0.05, 0.1) is 0 Å². The molecular weight excluding hydrogens is 218 g/mol. The monoisotopic (exact) mass is 237 g/mol. The lowest BCUT2D eigenvalue weighted by Crippen LogP contribution is -2.07. The Kier molecular flexibility index (Phi) is 5.54. The van der Waals surface area contributed by atoms with Crippen LogP contribution in [0.1, 0.15) is 43.7 Å². The van der Waals surface area contributed by atoms with Crippen LogP contribution in [0.25, 0.3) is 0 Å². The Morgan fingerprint density at radius 3 is 2.38 bits per heavy atom. The molecule has 2 atom stereocenters. The van der Waals surface area contributed by atoms with E-state index in [1.165, 1.54) is 11.1 Å². The highest BCUT2D eigenvalue weighted by molar-refractivity contribution is 6.17. The Morgan fingerprint density at radius 2 is 1.94 bits per heavy atom. The quantitative estimate of drug-likeness (QED) is 0.514. The SMILES string of the molecule is C=NC(CC)CC(C)c1ccc(CCl)cc1. The molecule has 2 unspecified atom stereocenters. The second-order valence-corrected chi connectivity index (χ2v) is 4.52. The first-order chi connectivity index (χ1) is 7.71. The van der Waals surface area contributed by atoms with Crippen LogP contribution < -0.4 is 0 Å². The highest BCUT2D eigenvalue weighted by Crippen LogP contribution is 2.23. The molecule has 1 rings (SSSR count). The minimum absolute atomic E-state index is 0.378. The maximum absolute atomic E-state index is 5.76. The lowest BCUT2D eigenvalue weighted by molar-refractivity contribution is 0.543. The van der Waals surface area contributed by atoms with Gasteiger partial charge in [0.15, 0.2) is 0 Å². The zero-order chi connectivity index (χ0) is 12.0. The number of halogens is 1. The molecule has 1 aromatic rings. The average molecular weight is 238 g/mol. The molecule has 16 heavy (non-hydrogen) atoms. The van der Waals surface area contributed by atoms with E-state index < -0.39 is 0 Å². The summed E-state index contributed by atoms with van der Waals surface area (Å²) in [5.41, 5.74) is 2.53. The third-order valence-corrected chi connectivity index (χ3v) is 3.37. The molecule has 0 saturated heterocycles. The van der Waals surface area contributed by atoms with Crippen molar-refractivity contribution in [2.24, 2.45) is 4.99 Å². The first-order valence-corrected chi connectivity index (χ1v) is 6.35. The molecule has 0 spiro atoms. The van der Waals surface area contributed by atoms with Crippen LogP contribution >= 0.6 is 11.6 Å². The molecular formula is C14H20ClN. The molecule has 0 aromatic heterocycles. The van der Waals surface area contributed by atoms with Gasteiger partial charge >= 0.3 is 0 Å². The third-order valence-electron chi connectivity index (χ3n) is 3.06. The van der Waals surface area contributed by atoms with Crippen LogP contribution in [0.15, 0.2) is 29.3 Å². The number of hydrogen-bond acceptors (Lipinski definition) is 1. The maximum atomic E-state index is 5.76. The number of aliphatic imine (C=N–C) groups is 1. The molecule has 0 aliphatic heterocycles. The van der Waals surface area contributed by atoms with E-state index in [1.807, 2.05) is 0 Å². The van der Waals surface area contributed by atoms with Crippen LogP contribution in [-0.2, 0) is 5.88 Å². The van der Waals surface area contributed by atoms with E-state index in [2.05, 4.69) is 49.8 Å². The van der Waals surface area contributed by atoms with Crippen molar-refractivity contribution in [3.05, 3.63) is 35.4 Å². The molecule has 0 radical (unpaired) electrons. The zero-order valence-corrected chi connectivity index (χ0v) is 10.9. The summed E-state index contributed by atoms with van der Waals surface area (Å²) in [6.45, 7) is 8.03. The zero-order valence-electron chi connectivity index (χ0n) is 10.1. The van der Waals surface area contributed by atoms with Crippen molar-refractivity contribution in [3.63, 3.8) is 0 Å². The van der Waals surface area contributed by atoms with Crippen LogP contribution in [0, 0.1) is 0 Å². The number of hydrogen-bond donors (Lipinski definition) is 0. The highest BCUT2D eigenvalue weighted by atomic mass is 35.5. The molecule has 0 amide bonds. The summed E-state index contributed by atoms with van der Waals surface area (Å²) in [4.78, 5) is 4.13. The van der Waals surface area contributed by atoms with Gasteiger partial charge in [0.25, 0.3) is 0 Å². The Labute approximate surface area is 104 Å². The van der Waals surface area contributed by atoms with E-state index in [1.54, 1.807) is 0 Å².